The topological polar surface area (TPSA) is 0 Å². The van der Waals surface area contributed by atoms with Crippen LogP contribution in [0.5, 0.6) is 0 Å². The Morgan fingerprint density at radius 2 is 1.42 bits per heavy atom. The van der Waals surface area contributed by atoms with Crippen molar-refractivity contribution in [3.8, 4) is 0 Å². The monoisotopic (exact) mass is 553 g/mol. The molecule has 0 bridgehead atoms. The molecule has 0 aromatic heterocycles. The van der Waals surface area contributed by atoms with Crippen LogP contribution in [0.25, 0.3) is 0 Å². The Bertz CT molecular complexity index is 901. The Morgan fingerprint density at radius 3 is 1.87 bits per heavy atom. The van der Waals surface area contributed by atoms with Crippen LogP contribution in [0.3, 0.4) is 0 Å². The van der Waals surface area contributed by atoms with Gasteiger partial charge in [-0.15, -0.1) is 0 Å². The third-order valence-electron chi connectivity index (χ3n) is 7.89. The molecule has 0 nitrogen and oxygen atoms in total. The molecule has 3 rings (SSSR count). The van der Waals surface area contributed by atoms with Gasteiger partial charge in [-0.25, -0.2) is 0 Å². The van der Waals surface area contributed by atoms with Crippen LogP contribution in [0.2, 0.25) is 16.7 Å². The van der Waals surface area contributed by atoms with E-state index >= 15 is 0 Å². The van der Waals surface area contributed by atoms with E-state index in [1.165, 1.54) is 12.0 Å². The van der Waals surface area contributed by atoms with E-state index in [2.05, 4.69) is 87.6 Å². The van der Waals surface area contributed by atoms with Gasteiger partial charge in [0, 0.05) is 0 Å². The number of fused-ring (bicyclic) bond motifs is 1. The second kappa shape index (κ2) is 11.0. The van der Waals surface area contributed by atoms with E-state index in [4.69, 9.17) is 0 Å². The summed E-state index contributed by atoms with van der Waals surface area (Å²) in [4.78, 5) is 0. The van der Waals surface area contributed by atoms with Gasteiger partial charge in [0.1, 0.15) is 0 Å². The molecule has 0 saturated carbocycles. The largest absolute Gasteiger partial charge is 1.00 e. The molecule has 1 unspecified atom stereocenters. The average molecular weight is 556 g/mol. The number of allylic oxidation sites excluding steroid dienone is 12. The molecule has 4 heteroatoms. The molecule has 0 saturated heterocycles. The van der Waals surface area contributed by atoms with Crippen molar-refractivity contribution in [3.63, 3.8) is 0 Å². The fourth-order valence-electron chi connectivity index (χ4n) is 6.09. The minimum absolute atomic E-state index is 0. The van der Waals surface area contributed by atoms with Crippen LogP contribution in [-0.4, -0.2) is 5.92 Å². The molecule has 0 heterocycles. The van der Waals surface area contributed by atoms with E-state index in [9.17, 15) is 0 Å². The van der Waals surface area contributed by atoms with Crippen molar-refractivity contribution < 1.29 is 45.7 Å². The van der Waals surface area contributed by atoms with Gasteiger partial charge in [-0.3, -0.25) is 0 Å². The predicted octanol–water partition coefficient (Wildman–Crippen LogP) is 2.22. The Morgan fingerprint density at radius 1 is 0.903 bits per heavy atom. The van der Waals surface area contributed by atoms with Crippen molar-refractivity contribution in [2.24, 2.45) is 11.8 Å². The van der Waals surface area contributed by atoms with Crippen LogP contribution in [0.4, 0.5) is 0 Å². The summed E-state index contributed by atoms with van der Waals surface area (Å²) in [6.45, 7) is 27.0. The van der Waals surface area contributed by atoms with Crippen LogP contribution < -0.4 is 24.8 Å². The van der Waals surface area contributed by atoms with Crippen molar-refractivity contribution in [1.29, 1.82) is 0 Å². The second-order valence-corrected chi connectivity index (χ2v) is 29.9. The first-order valence-electron chi connectivity index (χ1n) is 11.5. The van der Waals surface area contributed by atoms with Crippen LogP contribution in [-0.2, 0) is 20.9 Å². The van der Waals surface area contributed by atoms with Crippen LogP contribution in [0.15, 0.2) is 65.6 Å². The van der Waals surface area contributed by atoms with E-state index < -0.39 is 26.8 Å². The molecule has 0 aromatic carbocycles. The molecular formula is C27H41Cl2SiZr. The minimum atomic E-state index is -1.82. The molecule has 0 amide bonds. The summed E-state index contributed by atoms with van der Waals surface area (Å²) >= 11 is -1.82. The third-order valence-corrected chi connectivity index (χ3v) is 28.8. The molecule has 31 heavy (non-hydrogen) atoms. The summed E-state index contributed by atoms with van der Waals surface area (Å²) in [5, 5.41) is 0. The van der Waals surface area contributed by atoms with Gasteiger partial charge in [0.05, 0.1) is 0 Å². The van der Waals surface area contributed by atoms with Crippen LogP contribution >= 0.6 is 0 Å². The van der Waals surface area contributed by atoms with Crippen molar-refractivity contribution in [3.05, 3.63) is 65.6 Å². The van der Waals surface area contributed by atoms with E-state index in [1.807, 2.05) is 3.28 Å². The van der Waals surface area contributed by atoms with Gasteiger partial charge in [0.25, 0.3) is 0 Å². The summed E-state index contributed by atoms with van der Waals surface area (Å²) in [5.74, 6) is 0.466. The Kier molecular flexibility index (Phi) is 10.4. The van der Waals surface area contributed by atoms with Crippen LogP contribution in [0.1, 0.15) is 68.7 Å². The van der Waals surface area contributed by atoms with Crippen molar-refractivity contribution in [2.75, 3.05) is 0 Å². The molecule has 0 N–H and O–H groups in total. The number of hydrogen-bond acceptors (Lipinski definition) is 0. The first-order valence-corrected chi connectivity index (χ1v) is 21.3. The smallest absolute Gasteiger partial charge is 1.00 e. The van der Waals surface area contributed by atoms with Crippen molar-refractivity contribution in [2.45, 2.75) is 85.5 Å². The van der Waals surface area contributed by atoms with Gasteiger partial charge in [0.15, 0.2) is 0 Å². The normalized spacial score (nSPS) is 22.0. The predicted molar refractivity (Wildman–Crippen MR) is 130 cm³/mol. The number of rotatable bonds is 4. The number of halogens is 2. The van der Waals surface area contributed by atoms with E-state index in [0.717, 1.165) is 3.63 Å². The zero-order chi connectivity index (χ0) is 21.8. The summed E-state index contributed by atoms with van der Waals surface area (Å²) < 4.78 is 2.79. The molecule has 1 atom stereocenters. The van der Waals surface area contributed by atoms with Gasteiger partial charge in [-0.05, 0) is 0 Å². The average Bonchev–Trinajstić information content (AvgIpc) is 3.01. The first-order chi connectivity index (χ1) is 13.5. The van der Waals surface area contributed by atoms with Crippen molar-refractivity contribution in [1.82, 2.24) is 0 Å². The molecular weight excluding hydrogens is 515 g/mol. The van der Waals surface area contributed by atoms with E-state index in [1.54, 1.807) is 44.6 Å². The summed E-state index contributed by atoms with van der Waals surface area (Å²) in [6.07, 6.45) is 6.18. The Balaban J connectivity index is 0.00000240. The maximum Gasteiger partial charge on any atom is -1.00 e. The number of hydrogen-bond donors (Lipinski definition) is 0. The molecule has 0 fully saturated rings. The van der Waals surface area contributed by atoms with Gasteiger partial charge in [-0.1, -0.05) is 0 Å². The maximum absolute atomic E-state index is 2.66. The zero-order valence-corrected chi connectivity index (χ0v) is 26.6. The first kappa shape index (κ1) is 29.2. The quantitative estimate of drug-likeness (QED) is 0.467. The van der Waals surface area contributed by atoms with Gasteiger partial charge in [-0.2, -0.15) is 0 Å². The molecule has 0 spiro atoms. The molecule has 0 aliphatic heterocycles. The van der Waals surface area contributed by atoms with Gasteiger partial charge >= 0.3 is 190 Å². The van der Waals surface area contributed by atoms with Crippen molar-refractivity contribution >= 4 is 5.92 Å². The fraction of sp³-hybridized carbons (Fsp3) is 0.556. The van der Waals surface area contributed by atoms with Gasteiger partial charge < -0.3 is 24.8 Å². The third kappa shape index (κ3) is 4.99. The second-order valence-electron chi connectivity index (χ2n) is 10.3. The van der Waals surface area contributed by atoms with E-state index in [-0.39, 0.29) is 24.8 Å². The Hall–Kier alpha value is 0.120. The molecule has 171 valence electrons. The van der Waals surface area contributed by atoms with E-state index in [0.29, 0.717) is 11.8 Å². The molecule has 3 aliphatic carbocycles. The molecule has 0 aromatic rings. The Labute approximate surface area is 213 Å². The summed E-state index contributed by atoms with van der Waals surface area (Å²) in [5.41, 5.74) is 14.9. The van der Waals surface area contributed by atoms with Crippen LogP contribution in [0, 0.1) is 11.8 Å². The minimum Gasteiger partial charge on any atom is -1.00 e. The van der Waals surface area contributed by atoms with Gasteiger partial charge in [0.2, 0.25) is 0 Å². The molecule has 0 radical (unpaired) electrons. The summed E-state index contributed by atoms with van der Waals surface area (Å²) in [6, 6.07) is 0. The maximum atomic E-state index is 2.66. The zero-order valence-electron chi connectivity index (χ0n) is 21.4. The fourth-order valence-corrected chi connectivity index (χ4v) is 28.8. The molecule has 3 aliphatic rings. The SMILES string of the molecule is CC1=CC=C(C(C)C)C(C)C2=C(C)C[C]([Zr+2]([CH]3C(C)=C(C)C(C)=C3C)[SiH](C)C)=C12.[Cl-].[Cl-]. The standard InChI is InChI=1S/C16H21.C9H13.C2H7Si.2ClH.Zr/c1-10(2)14-8-6-11(3)15-9-7-12(4)16(15)13(14)5;1-6-5-7(2)9(4)8(6)3;1-3-2;;;/h6,8,10,13H,7H2,1-5H3;5H,1-4H3;3H,1-2H3;2*1H;/q;;;;;+2/p-2. The summed E-state index contributed by atoms with van der Waals surface area (Å²) in [7, 11) is 0.